The zero-order valence-corrected chi connectivity index (χ0v) is 14.9. The Labute approximate surface area is 155 Å². The van der Waals surface area contributed by atoms with Crippen molar-refractivity contribution in [1.29, 1.82) is 0 Å². The fourth-order valence-electron chi connectivity index (χ4n) is 2.97. The van der Waals surface area contributed by atoms with Gasteiger partial charge in [0.25, 0.3) is 0 Å². The lowest BCUT2D eigenvalue weighted by Crippen LogP contribution is -2.31. The third kappa shape index (κ3) is 3.63. The van der Waals surface area contributed by atoms with Crippen LogP contribution in [-0.2, 0) is 19.5 Å². The standard InChI is InChI=1S/C18H15Cl2N5/c19-15-7-13(17(20)22-9-15)10-25-6-3-16-14(11-25)8-23-18(24-16)12-1-4-21-5-2-12/h1-2,4-5,7-9H,3,6,10-11H2. The van der Waals surface area contributed by atoms with Crippen LogP contribution in [0.2, 0.25) is 10.2 Å². The van der Waals surface area contributed by atoms with E-state index in [1.165, 1.54) is 0 Å². The summed E-state index contributed by atoms with van der Waals surface area (Å²) in [6.45, 7) is 2.40. The largest absolute Gasteiger partial charge is 0.294 e. The van der Waals surface area contributed by atoms with Crippen LogP contribution in [0.15, 0.2) is 43.0 Å². The van der Waals surface area contributed by atoms with Crippen molar-refractivity contribution in [1.82, 2.24) is 24.8 Å². The molecule has 126 valence electrons. The summed E-state index contributed by atoms with van der Waals surface area (Å²) in [5, 5.41) is 1.10. The van der Waals surface area contributed by atoms with Crippen molar-refractivity contribution in [3.63, 3.8) is 0 Å². The highest BCUT2D eigenvalue weighted by molar-refractivity contribution is 6.32. The van der Waals surface area contributed by atoms with Crippen LogP contribution in [0.25, 0.3) is 11.4 Å². The highest BCUT2D eigenvalue weighted by atomic mass is 35.5. The molecular weight excluding hydrogens is 357 g/mol. The number of halogens is 2. The van der Waals surface area contributed by atoms with Gasteiger partial charge in [-0.05, 0) is 18.2 Å². The summed E-state index contributed by atoms with van der Waals surface area (Å²) < 4.78 is 0. The average Bonchev–Trinajstić information content (AvgIpc) is 2.65. The highest BCUT2D eigenvalue weighted by Gasteiger charge is 2.20. The average molecular weight is 372 g/mol. The summed E-state index contributed by atoms with van der Waals surface area (Å²) in [6, 6.07) is 5.71. The Bertz CT molecular complexity index is 901. The molecule has 0 saturated carbocycles. The monoisotopic (exact) mass is 371 g/mol. The molecule has 0 aromatic carbocycles. The van der Waals surface area contributed by atoms with Crippen molar-refractivity contribution in [3.8, 4) is 11.4 Å². The Hall–Kier alpha value is -2.08. The molecular formula is C18H15Cl2N5. The Morgan fingerprint density at radius 1 is 1.08 bits per heavy atom. The summed E-state index contributed by atoms with van der Waals surface area (Å²) in [7, 11) is 0. The highest BCUT2D eigenvalue weighted by Crippen LogP contribution is 2.24. The molecule has 0 spiro atoms. The number of fused-ring (bicyclic) bond motifs is 1. The number of hydrogen-bond acceptors (Lipinski definition) is 5. The van der Waals surface area contributed by atoms with Crippen molar-refractivity contribution in [3.05, 3.63) is 70.0 Å². The maximum atomic E-state index is 6.18. The van der Waals surface area contributed by atoms with Crippen LogP contribution in [0, 0.1) is 0 Å². The van der Waals surface area contributed by atoms with E-state index < -0.39 is 0 Å². The minimum atomic E-state index is 0.500. The second-order valence-corrected chi connectivity index (χ2v) is 6.76. The molecule has 4 heterocycles. The molecule has 0 unspecified atom stereocenters. The quantitative estimate of drug-likeness (QED) is 0.655. The van der Waals surface area contributed by atoms with Gasteiger partial charge in [0.2, 0.25) is 0 Å². The van der Waals surface area contributed by atoms with Gasteiger partial charge in [-0.3, -0.25) is 9.88 Å². The van der Waals surface area contributed by atoms with Crippen LogP contribution in [-0.4, -0.2) is 31.4 Å². The Morgan fingerprint density at radius 3 is 2.76 bits per heavy atom. The van der Waals surface area contributed by atoms with Crippen molar-refractivity contribution in [2.75, 3.05) is 6.54 Å². The van der Waals surface area contributed by atoms with Gasteiger partial charge in [0.15, 0.2) is 5.82 Å². The molecule has 4 rings (SSSR count). The van der Waals surface area contributed by atoms with E-state index in [1.807, 2.05) is 24.4 Å². The third-order valence-corrected chi connectivity index (χ3v) is 4.77. The molecule has 3 aromatic heterocycles. The van der Waals surface area contributed by atoms with E-state index in [2.05, 4.69) is 19.9 Å². The number of pyridine rings is 2. The topological polar surface area (TPSA) is 54.8 Å². The molecule has 25 heavy (non-hydrogen) atoms. The van der Waals surface area contributed by atoms with Gasteiger partial charge < -0.3 is 0 Å². The van der Waals surface area contributed by atoms with Gasteiger partial charge in [-0.25, -0.2) is 15.0 Å². The Morgan fingerprint density at radius 2 is 1.92 bits per heavy atom. The first-order valence-electron chi connectivity index (χ1n) is 7.96. The number of nitrogens with zero attached hydrogens (tertiary/aromatic N) is 5. The first-order valence-corrected chi connectivity index (χ1v) is 8.72. The maximum absolute atomic E-state index is 6.18. The molecule has 0 N–H and O–H groups in total. The fourth-order valence-corrected chi connectivity index (χ4v) is 3.31. The zero-order chi connectivity index (χ0) is 17.2. The van der Waals surface area contributed by atoms with Crippen LogP contribution in [0.3, 0.4) is 0 Å². The van der Waals surface area contributed by atoms with Gasteiger partial charge in [0, 0.05) is 67.5 Å². The summed E-state index contributed by atoms with van der Waals surface area (Å²) in [4.78, 5) is 19.7. The van der Waals surface area contributed by atoms with Crippen LogP contribution >= 0.6 is 23.2 Å². The van der Waals surface area contributed by atoms with Crippen molar-refractivity contribution in [2.45, 2.75) is 19.5 Å². The van der Waals surface area contributed by atoms with Crippen LogP contribution in [0.1, 0.15) is 16.8 Å². The predicted octanol–water partition coefficient (Wildman–Crippen LogP) is 3.80. The fraction of sp³-hybridized carbons (Fsp3) is 0.222. The molecule has 5 nitrogen and oxygen atoms in total. The first kappa shape index (κ1) is 16.4. The van der Waals surface area contributed by atoms with Crippen LogP contribution in [0.4, 0.5) is 0 Å². The molecule has 7 heteroatoms. The molecule has 1 aliphatic rings. The third-order valence-electron chi connectivity index (χ3n) is 4.22. The predicted molar refractivity (Wildman–Crippen MR) is 97.3 cm³/mol. The zero-order valence-electron chi connectivity index (χ0n) is 13.4. The van der Waals surface area contributed by atoms with Crippen LogP contribution < -0.4 is 0 Å². The number of rotatable bonds is 3. The molecule has 0 saturated heterocycles. The van der Waals surface area contributed by atoms with Crippen molar-refractivity contribution < 1.29 is 0 Å². The van der Waals surface area contributed by atoms with E-state index in [-0.39, 0.29) is 0 Å². The minimum Gasteiger partial charge on any atom is -0.294 e. The Balaban J connectivity index is 1.53. The smallest absolute Gasteiger partial charge is 0.159 e. The second-order valence-electron chi connectivity index (χ2n) is 5.97. The summed E-state index contributed by atoms with van der Waals surface area (Å²) in [5.74, 6) is 0.747. The van der Waals surface area contributed by atoms with Crippen molar-refractivity contribution >= 4 is 23.2 Å². The van der Waals surface area contributed by atoms with E-state index in [4.69, 9.17) is 28.2 Å². The molecule has 3 aromatic rings. The molecule has 0 radical (unpaired) electrons. The number of hydrogen-bond donors (Lipinski definition) is 0. The summed E-state index contributed by atoms with van der Waals surface area (Å²) in [6.07, 6.45) is 7.86. The van der Waals surface area contributed by atoms with Gasteiger partial charge >= 0.3 is 0 Å². The van der Waals surface area contributed by atoms with E-state index in [9.17, 15) is 0 Å². The molecule has 0 fully saturated rings. The summed E-state index contributed by atoms with van der Waals surface area (Å²) >= 11 is 12.2. The lowest BCUT2D eigenvalue weighted by Gasteiger charge is -2.28. The Kier molecular flexibility index (Phi) is 4.61. The van der Waals surface area contributed by atoms with Crippen LogP contribution in [0.5, 0.6) is 0 Å². The van der Waals surface area contributed by atoms with Gasteiger partial charge in [-0.2, -0.15) is 0 Å². The molecule has 1 aliphatic heterocycles. The van der Waals surface area contributed by atoms with E-state index in [0.29, 0.717) is 16.7 Å². The van der Waals surface area contributed by atoms with E-state index in [0.717, 1.165) is 47.7 Å². The molecule has 0 atom stereocenters. The normalized spacial score (nSPS) is 14.3. The van der Waals surface area contributed by atoms with Gasteiger partial charge in [-0.1, -0.05) is 23.2 Å². The van der Waals surface area contributed by atoms with Gasteiger partial charge in [-0.15, -0.1) is 0 Å². The SMILES string of the molecule is Clc1cnc(Cl)c(CN2CCc3nc(-c4ccncc4)ncc3C2)c1. The molecule has 0 bridgehead atoms. The molecule has 0 amide bonds. The lowest BCUT2D eigenvalue weighted by molar-refractivity contribution is 0.243. The van der Waals surface area contributed by atoms with Gasteiger partial charge in [0.05, 0.1) is 10.7 Å². The lowest BCUT2D eigenvalue weighted by atomic mass is 10.1. The minimum absolute atomic E-state index is 0.500. The second kappa shape index (κ2) is 7.04. The van der Waals surface area contributed by atoms with E-state index >= 15 is 0 Å². The summed E-state index contributed by atoms with van der Waals surface area (Å²) in [5.41, 5.74) is 4.17. The molecule has 0 aliphatic carbocycles. The maximum Gasteiger partial charge on any atom is 0.159 e. The van der Waals surface area contributed by atoms with Gasteiger partial charge in [0.1, 0.15) is 5.15 Å². The first-order chi connectivity index (χ1) is 12.2. The van der Waals surface area contributed by atoms with E-state index in [1.54, 1.807) is 18.6 Å². The van der Waals surface area contributed by atoms with Crippen molar-refractivity contribution in [2.24, 2.45) is 0 Å². The number of aromatic nitrogens is 4.